The number of rotatable bonds is 2. The quantitative estimate of drug-likeness (QED) is 0.828. The minimum absolute atomic E-state index is 0.0313. The number of benzene rings is 1. The molecule has 0 radical (unpaired) electrons. The van der Waals surface area contributed by atoms with Crippen LogP contribution in [0.2, 0.25) is 0 Å². The van der Waals surface area contributed by atoms with Gasteiger partial charge in [-0.15, -0.1) is 0 Å². The molecule has 4 nitrogen and oxygen atoms in total. The van der Waals surface area contributed by atoms with Gasteiger partial charge in [-0.2, -0.15) is 4.31 Å². The first-order valence-electron chi connectivity index (χ1n) is 6.28. The van der Waals surface area contributed by atoms with Crippen LogP contribution in [0.15, 0.2) is 29.2 Å². The van der Waals surface area contributed by atoms with E-state index in [1.54, 1.807) is 24.3 Å². The zero-order chi connectivity index (χ0) is 13.9. The molecule has 1 aromatic rings. The Kier molecular flexibility index (Phi) is 4.25. The summed E-state index contributed by atoms with van der Waals surface area (Å²) < 4.78 is 26.8. The third-order valence-electron chi connectivity index (χ3n) is 3.27. The Balaban J connectivity index is 2.46. The summed E-state index contributed by atoms with van der Waals surface area (Å²) in [6.07, 6.45) is 1.79. The number of hydrogen-bond acceptors (Lipinski definition) is 3. The van der Waals surface area contributed by atoms with Crippen LogP contribution in [0.4, 0.5) is 0 Å². The van der Waals surface area contributed by atoms with E-state index in [0.29, 0.717) is 12.1 Å². The van der Waals surface area contributed by atoms with Crippen molar-refractivity contribution >= 4 is 10.0 Å². The lowest BCUT2D eigenvalue weighted by atomic mass is 10.2. The lowest BCUT2D eigenvalue weighted by molar-refractivity contribution is 0.350. The second-order valence-electron chi connectivity index (χ2n) is 4.56. The summed E-state index contributed by atoms with van der Waals surface area (Å²) in [5.41, 5.74) is 0.440. The van der Waals surface area contributed by atoms with E-state index in [4.69, 9.17) is 5.11 Å². The van der Waals surface area contributed by atoms with Crippen LogP contribution >= 0.6 is 0 Å². The molecule has 5 heteroatoms. The smallest absolute Gasteiger partial charge is 0.244 e. The minimum atomic E-state index is -3.50. The van der Waals surface area contributed by atoms with E-state index in [-0.39, 0.29) is 17.5 Å². The second-order valence-corrected chi connectivity index (χ2v) is 6.42. The molecule has 0 amide bonds. The van der Waals surface area contributed by atoms with E-state index < -0.39 is 10.0 Å². The Labute approximate surface area is 114 Å². The molecule has 1 aliphatic heterocycles. The Hall–Kier alpha value is -1.35. The summed E-state index contributed by atoms with van der Waals surface area (Å²) in [6.45, 7) is 2.20. The van der Waals surface area contributed by atoms with Crippen LogP contribution in [-0.4, -0.2) is 37.0 Å². The zero-order valence-corrected chi connectivity index (χ0v) is 11.7. The van der Waals surface area contributed by atoms with Crippen molar-refractivity contribution in [3.05, 3.63) is 29.8 Å². The maximum atomic E-state index is 12.6. The van der Waals surface area contributed by atoms with Crippen LogP contribution in [0.25, 0.3) is 0 Å². The van der Waals surface area contributed by atoms with Crippen molar-refractivity contribution in [2.75, 3.05) is 13.2 Å². The van der Waals surface area contributed by atoms with E-state index in [2.05, 4.69) is 11.8 Å². The highest BCUT2D eigenvalue weighted by molar-refractivity contribution is 7.89. The van der Waals surface area contributed by atoms with Crippen molar-refractivity contribution in [2.45, 2.75) is 30.7 Å². The Bertz CT molecular complexity index is 613. The van der Waals surface area contributed by atoms with E-state index in [1.807, 2.05) is 6.92 Å². The van der Waals surface area contributed by atoms with Crippen molar-refractivity contribution in [3.63, 3.8) is 0 Å². The van der Waals surface area contributed by atoms with Crippen LogP contribution in [0, 0.1) is 11.8 Å². The average Bonchev–Trinajstić information content (AvgIpc) is 2.83. The number of hydrogen-bond donors (Lipinski definition) is 1. The highest BCUT2D eigenvalue weighted by Gasteiger charge is 2.33. The fourth-order valence-electron chi connectivity index (χ4n) is 2.32. The summed E-state index contributed by atoms with van der Waals surface area (Å²) in [4.78, 5) is 0.227. The Morgan fingerprint density at radius 3 is 2.79 bits per heavy atom. The van der Waals surface area contributed by atoms with Crippen molar-refractivity contribution in [3.8, 4) is 11.8 Å². The van der Waals surface area contributed by atoms with Crippen LogP contribution in [0.1, 0.15) is 25.3 Å². The monoisotopic (exact) mass is 279 g/mol. The van der Waals surface area contributed by atoms with Crippen LogP contribution in [0.5, 0.6) is 0 Å². The molecule has 1 unspecified atom stereocenters. The zero-order valence-electron chi connectivity index (χ0n) is 10.8. The number of aliphatic hydroxyl groups is 1. The lowest BCUT2D eigenvalue weighted by Crippen LogP contribution is -2.34. The molecule has 1 atom stereocenters. The van der Waals surface area contributed by atoms with Gasteiger partial charge in [0.15, 0.2) is 0 Å². The Morgan fingerprint density at radius 1 is 1.42 bits per heavy atom. The number of sulfonamides is 1. The molecule has 0 spiro atoms. The molecule has 19 heavy (non-hydrogen) atoms. The second kappa shape index (κ2) is 5.74. The number of aliphatic hydroxyl groups excluding tert-OH is 1. The maximum Gasteiger partial charge on any atom is 0.244 e. The minimum Gasteiger partial charge on any atom is -0.384 e. The molecule has 1 aliphatic rings. The fraction of sp³-hybridized carbons (Fsp3) is 0.429. The fourth-order valence-corrected chi connectivity index (χ4v) is 4.17. The molecule has 2 rings (SSSR count). The predicted molar refractivity (Wildman–Crippen MR) is 73.0 cm³/mol. The SMILES string of the molecule is CC1CCCN1S(=O)(=O)c1ccccc1C#CCO. The summed E-state index contributed by atoms with van der Waals surface area (Å²) in [7, 11) is -3.50. The third-order valence-corrected chi connectivity index (χ3v) is 5.34. The van der Waals surface area contributed by atoms with E-state index in [9.17, 15) is 8.42 Å². The van der Waals surface area contributed by atoms with Crippen LogP contribution < -0.4 is 0 Å². The normalized spacial score (nSPS) is 20.0. The molecule has 1 saturated heterocycles. The molecule has 0 saturated carbocycles. The molecular weight excluding hydrogens is 262 g/mol. The molecule has 0 aliphatic carbocycles. The highest BCUT2D eigenvalue weighted by atomic mass is 32.2. The van der Waals surface area contributed by atoms with E-state index in [0.717, 1.165) is 12.8 Å². The molecule has 1 aromatic carbocycles. The van der Waals surface area contributed by atoms with Gasteiger partial charge < -0.3 is 5.11 Å². The van der Waals surface area contributed by atoms with Crippen molar-refractivity contribution in [1.29, 1.82) is 0 Å². The Morgan fingerprint density at radius 2 is 2.16 bits per heavy atom. The van der Waals surface area contributed by atoms with Gasteiger partial charge in [0.2, 0.25) is 10.0 Å². The van der Waals surface area contributed by atoms with Gasteiger partial charge in [-0.05, 0) is 31.9 Å². The largest absolute Gasteiger partial charge is 0.384 e. The van der Waals surface area contributed by atoms with Crippen LogP contribution in [-0.2, 0) is 10.0 Å². The first-order valence-corrected chi connectivity index (χ1v) is 7.72. The molecule has 1 heterocycles. The van der Waals surface area contributed by atoms with E-state index in [1.165, 1.54) is 4.31 Å². The molecule has 1 N–H and O–H groups in total. The summed E-state index contributed by atoms with van der Waals surface area (Å²) in [5.74, 6) is 5.20. The molecule has 0 aromatic heterocycles. The predicted octanol–water partition coefficient (Wildman–Crippen LogP) is 1.20. The molecular formula is C14H17NO3S. The van der Waals surface area contributed by atoms with Gasteiger partial charge in [0, 0.05) is 18.2 Å². The first-order chi connectivity index (χ1) is 9.07. The standard InChI is InChI=1S/C14H17NO3S/c1-12-6-4-10-15(12)19(17,18)14-9-3-2-7-13(14)8-5-11-16/h2-3,7,9,12,16H,4,6,10-11H2,1H3. The van der Waals surface area contributed by atoms with Gasteiger partial charge in [-0.25, -0.2) is 8.42 Å². The summed E-state index contributed by atoms with van der Waals surface area (Å²) >= 11 is 0. The molecule has 102 valence electrons. The van der Waals surface area contributed by atoms with Crippen molar-refractivity contribution < 1.29 is 13.5 Å². The van der Waals surface area contributed by atoms with Crippen LogP contribution in [0.3, 0.4) is 0 Å². The lowest BCUT2D eigenvalue weighted by Gasteiger charge is -2.21. The van der Waals surface area contributed by atoms with Gasteiger partial charge >= 0.3 is 0 Å². The van der Waals surface area contributed by atoms with Gasteiger partial charge in [0.05, 0.1) is 4.90 Å². The third kappa shape index (κ3) is 2.81. The summed E-state index contributed by atoms with van der Waals surface area (Å²) in [6, 6.07) is 6.70. The first kappa shape index (κ1) is 14.1. The average molecular weight is 279 g/mol. The highest BCUT2D eigenvalue weighted by Crippen LogP contribution is 2.27. The number of nitrogens with zero attached hydrogens (tertiary/aromatic N) is 1. The summed E-state index contributed by atoms with van der Waals surface area (Å²) in [5, 5.41) is 8.74. The van der Waals surface area contributed by atoms with Crippen molar-refractivity contribution in [1.82, 2.24) is 4.31 Å². The van der Waals surface area contributed by atoms with Gasteiger partial charge in [-0.1, -0.05) is 24.0 Å². The topological polar surface area (TPSA) is 57.6 Å². The van der Waals surface area contributed by atoms with Gasteiger partial charge in [0.25, 0.3) is 0 Å². The van der Waals surface area contributed by atoms with E-state index >= 15 is 0 Å². The molecule has 0 bridgehead atoms. The van der Waals surface area contributed by atoms with Crippen molar-refractivity contribution in [2.24, 2.45) is 0 Å². The molecule has 1 fully saturated rings. The van der Waals surface area contributed by atoms with Gasteiger partial charge in [0.1, 0.15) is 6.61 Å². The van der Waals surface area contributed by atoms with Gasteiger partial charge in [-0.3, -0.25) is 0 Å². The maximum absolute atomic E-state index is 12.6.